The summed E-state index contributed by atoms with van der Waals surface area (Å²) in [7, 11) is -3.59. The van der Waals surface area contributed by atoms with Crippen LogP contribution >= 0.6 is 0 Å². The van der Waals surface area contributed by atoms with Gasteiger partial charge in [-0.25, -0.2) is 13.1 Å². The predicted octanol–water partition coefficient (Wildman–Crippen LogP) is -0.411. The number of nitrogens with one attached hydrogen (secondary N) is 1. The summed E-state index contributed by atoms with van der Waals surface area (Å²) < 4.78 is 24.4. The fourth-order valence-electron chi connectivity index (χ4n) is 0.551. The Morgan fingerprint density at radius 2 is 2.15 bits per heavy atom. The maximum Gasteiger partial charge on any atom is 0.227 e. The highest BCUT2D eigenvalue weighted by Gasteiger charge is 2.20. The molecule has 0 aromatic carbocycles. The molecule has 6 heteroatoms. The van der Waals surface area contributed by atoms with Crippen molar-refractivity contribution in [1.82, 2.24) is 4.72 Å². The Balaban J connectivity index is 4.14. The van der Waals surface area contributed by atoms with E-state index in [0.29, 0.717) is 6.42 Å². The minimum Gasteiger partial charge on any atom is -0.392 e. The van der Waals surface area contributed by atoms with Gasteiger partial charge in [-0.15, -0.1) is 0 Å². The van der Waals surface area contributed by atoms with E-state index in [0.717, 1.165) is 0 Å². The van der Waals surface area contributed by atoms with Gasteiger partial charge in [-0.1, -0.05) is 6.92 Å². The SMILES string of the molecule is CCC(O)CNS(=O)(=O)C(C)C#N. The molecule has 13 heavy (non-hydrogen) atoms. The Morgan fingerprint density at radius 1 is 1.62 bits per heavy atom. The summed E-state index contributed by atoms with van der Waals surface area (Å²) in [5.74, 6) is 0. The smallest absolute Gasteiger partial charge is 0.227 e. The van der Waals surface area contributed by atoms with Crippen molar-refractivity contribution in [1.29, 1.82) is 5.26 Å². The molecule has 0 radical (unpaired) electrons. The highest BCUT2D eigenvalue weighted by atomic mass is 32.2. The van der Waals surface area contributed by atoms with Crippen molar-refractivity contribution in [2.24, 2.45) is 0 Å². The van der Waals surface area contributed by atoms with E-state index in [1.807, 2.05) is 0 Å². The average Bonchev–Trinajstić information content (AvgIpc) is 2.12. The van der Waals surface area contributed by atoms with Crippen LogP contribution in [0.4, 0.5) is 0 Å². The molecular weight excluding hydrogens is 192 g/mol. The lowest BCUT2D eigenvalue weighted by molar-refractivity contribution is 0.174. The molecule has 0 amide bonds. The third-order valence-electron chi connectivity index (χ3n) is 1.64. The molecule has 0 aromatic heterocycles. The Morgan fingerprint density at radius 3 is 2.54 bits per heavy atom. The average molecular weight is 206 g/mol. The van der Waals surface area contributed by atoms with Crippen molar-refractivity contribution in [3.63, 3.8) is 0 Å². The summed E-state index contributed by atoms with van der Waals surface area (Å²) in [6, 6.07) is 1.61. The van der Waals surface area contributed by atoms with Gasteiger partial charge >= 0.3 is 0 Å². The van der Waals surface area contributed by atoms with Gasteiger partial charge in [0.2, 0.25) is 10.0 Å². The number of nitriles is 1. The van der Waals surface area contributed by atoms with Crippen LogP contribution in [-0.4, -0.2) is 31.4 Å². The molecule has 2 N–H and O–H groups in total. The van der Waals surface area contributed by atoms with Crippen LogP contribution in [0.25, 0.3) is 0 Å². The molecule has 0 aromatic rings. The zero-order valence-corrected chi connectivity index (χ0v) is 8.50. The molecule has 0 aliphatic heterocycles. The van der Waals surface area contributed by atoms with Crippen LogP contribution in [0.5, 0.6) is 0 Å². The molecule has 5 nitrogen and oxygen atoms in total. The van der Waals surface area contributed by atoms with Gasteiger partial charge < -0.3 is 5.11 Å². The van der Waals surface area contributed by atoms with Crippen LogP contribution in [0.15, 0.2) is 0 Å². The van der Waals surface area contributed by atoms with E-state index in [-0.39, 0.29) is 6.54 Å². The standard InChI is InChI=1S/C7H14N2O3S/c1-3-7(10)5-9-13(11,12)6(2)4-8/h6-7,9-10H,3,5H2,1-2H3. The molecule has 0 aliphatic carbocycles. The van der Waals surface area contributed by atoms with Gasteiger partial charge in [-0.2, -0.15) is 5.26 Å². The molecule has 0 rings (SSSR count). The summed E-state index contributed by atoms with van der Waals surface area (Å²) in [5.41, 5.74) is 0. The van der Waals surface area contributed by atoms with Gasteiger partial charge in [-0.3, -0.25) is 0 Å². The molecule has 0 bridgehead atoms. The molecule has 0 heterocycles. The van der Waals surface area contributed by atoms with Crippen LogP contribution in [0, 0.1) is 11.3 Å². The first-order chi connectivity index (χ1) is 5.94. The Kier molecular flexibility index (Phi) is 4.91. The second-order valence-electron chi connectivity index (χ2n) is 2.73. The van der Waals surface area contributed by atoms with Gasteiger partial charge in [0.15, 0.2) is 5.25 Å². The summed E-state index contributed by atoms with van der Waals surface area (Å²) in [6.07, 6.45) is -0.218. The van der Waals surface area contributed by atoms with Crippen LogP contribution in [0.1, 0.15) is 20.3 Å². The lowest BCUT2D eigenvalue weighted by atomic mass is 10.3. The minimum atomic E-state index is -3.59. The number of aliphatic hydroxyl groups excluding tert-OH is 1. The van der Waals surface area contributed by atoms with Crippen LogP contribution in [-0.2, 0) is 10.0 Å². The van der Waals surface area contributed by atoms with Crippen molar-refractivity contribution < 1.29 is 13.5 Å². The van der Waals surface area contributed by atoms with Crippen molar-refractivity contribution in [2.75, 3.05) is 6.54 Å². The van der Waals surface area contributed by atoms with E-state index in [1.54, 1.807) is 13.0 Å². The number of aliphatic hydroxyl groups is 1. The van der Waals surface area contributed by atoms with Crippen LogP contribution in [0.3, 0.4) is 0 Å². The normalized spacial score (nSPS) is 16.2. The Hall–Kier alpha value is -0.640. The number of sulfonamides is 1. The van der Waals surface area contributed by atoms with Gasteiger partial charge in [0.25, 0.3) is 0 Å². The van der Waals surface area contributed by atoms with Crippen molar-refractivity contribution in [3.8, 4) is 6.07 Å². The quantitative estimate of drug-likeness (QED) is 0.639. The first kappa shape index (κ1) is 12.4. The number of hydrogen-bond acceptors (Lipinski definition) is 4. The molecule has 0 fully saturated rings. The first-order valence-corrected chi connectivity index (χ1v) is 5.54. The lowest BCUT2D eigenvalue weighted by Gasteiger charge is -2.10. The molecular formula is C7H14N2O3S. The van der Waals surface area contributed by atoms with E-state index in [9.17, 15) is 8.42 Å². The zero-order valence-electron chi connectivity index (χ0n) is 7.69. The van der Waals surface area contributed by atoms with E-state index < -0.39 is 21.4 Å². The highest BCUT2D eigenvalue weighted by Crippen LogP contribution is 1.97. The number of hydrogen-bond donors (Lipinski definition) is 2. The molecule has 2 atom stereocenters. The maximum absolute atomic E-state index is 11.1. The van der Waals surface area contributed by atoms with Gasteiger partial charge in [-0.05, 0) is 13.3 Å². The second kappa shape index (κ2) is 5.17. The minimum absolute atomic E-state index is 0.0369. The van der Waals surface area contributed by atoms with E-state index in [2.05, 4.69) is 4.72 Å². The maximum atomic E-state index is 11.1. The molecule has 76 valence electrons. The van der Waals surface area contributed by atoms with E-state index in [1.165, 1.54) is 6.92 Å². The van der Waals surface area contributed by atoms with Gasteiger partial charge in [0, 0.05) is 6.54 Å². The third kappa shape index (κ3) is 4.22. The van der Waals surface area contributed by atoms with Gasteiger partial charge in [0.1, 0.15) is 0 Å². The summed E-state index contributed by atoms with van der Waals surface area (Å²) in [4.78, 5) is 0. The zero-order chi connectivity index (χ0) is 10.5. The molecule has 2 unspecified atom stereocenters. The summed E-state index contributed by atoms with van der Waals surface area (Å²) >= 11 is 0. The molecule has 0 spiro atoms. The lowest BCUT2D eigenvalue weighted by Crippen LogP contribution is -2.36. The van der Waals surface area contributed by atoms with Crippen LogP contribution < -0.4 is 4.72 Å². The largest absolute Gasteiger partial charge is 0.392 e. The fraction of sp³-hybridized carbons (Fsp3) is 0.857. The predicted molar refractivity (Wildman–Crippen MR) is 48.3 cm³/mol. The van der Waals surface area contributed by atoms with Crippen molar-refractivity contribution in [3.05, 3.63) is 0 Å². The van der Waals surface area contributed by atoms with Gasteiger partial charge in [0.05, 0.1) is 12.2 Å². The summed E-state index contributed by atoms with van der Waals surface area (Å²) in [6.45, 7) is 3.00. The third-order valence-corrected chi connectivity index (χ3v) is 3.24. The second-order valence-corrected chi connectivity index (χ2v) is 4.81. The Bertz CT molecular complexity index is 281. The molecule has 0 saturated carbocycles. The van der Waals surface area contributed by atoms with Crippen molar-refractivity contribution >= 4 is 10.0 Å². The summed E-state index contributed by atoms with van der Waals surface area (Å²) in [5, 5.41) is 16.3. The fourth-order valence-corrected chi connectivity index (χ4v) is 1.36. The topological polar surface area (TPSA) is 90.2 Å². The van der Waals surface area contributed by atoms with Crippen LogP contribution in [0.2, 0.25) is 0 Å². The monoisotopic (exact) mass is 206 g/mol. The van der Waals surface area contributed by atoms with E-state index >= 15 is 0 Å². The highest BCUT2D eigenvalue weighted by molar-refractivity contribution is 7.90. The molecule has 0 aliphatic rings. The van der Waals surface area contributed by atoms with E-state index in [4.69, 9.17) is 10.4 Å². The molecule has 0 saturated heterocycles. The van der Waals surface area contributed by atoms with Crippen molar-refractivity contribution in [2.45, 2.75) is 31.6 Å². The Labute approximate surface area is 78.4 Å². The number of rotatable bonds is 5. The number of nitrogens with zero attached hydrogens (tertiary/aromatic N) is 1. The first-order valence-electron chi connectivity index (χ1n) is 4.00.